The van der Waals surface area contributed by atoms with Crippen LogP contribution in [-0.4, -0.2) is 39.0 Å². The average Bonchev–Trinajstić information content (AvgIpc) is 2.71. The molecule has 0 saturated carbocycles. The highest BCUT2D eigenvalue weighted by Gasteiger charge is 2.21. The van der Waals surface area contributed by atoms with Crippen molar-refractivity contribution in [3.8, 4) is 5.69 Å². The Morgan fingerprint density at radius 1 is 1.20 bits per heavy atom. The van der Waals surface area contributed by atoms with Crippen molar-refractivity contribution in [3.63, 3.8) is 0 Å². The van der Waals surface area contributed by atoms with Gasteiger partial charge in [-0.3, -0.25) is 0 Å². The van der Waals surface area contributed by atoms with E-state index in [1.54, 1.807) is 0 Å². The summed E-state index contributed by atoms with van der Waals surface area (Å²) in [5.41, 5.74) is 3.14. The van der Waals surface area contributed by atoms with Crippen molar-refractivity contribution in [2.75, 3.05) is 13.1 Å². The molecule has 104 valence electrons. The number of carboxylic acid groups (broad SMARTS) is 1. The van der Waals surface area contributed by atoms with Crippen molar-refractivity contribution in [1.29, 1.82) is 0 Å². The number of aromatic nitrogens is 2. The van der Waals surface area contributed by atoms with Crippen LogP contribution in [0.25, 0.3) is 5.69 Å². The molecule has 0 saturated heterocycles. The molecule has 0 bridgehead atoms. The second-order valence-electron chi connectivity index (χ2n) is 4.77. The van der Waals surface area contributed by atoms with Gasteiger partial charge in [-0.25, -0.2) is 9.48 Å². The van der Waals surface area contributed by atoms with E-state index in [2.05, 4.69) is 5.10 Å². The first-order chi connectivity index (χ1) is 9.65. The number of carbonyl (C=O) groups is 1. The molecular formula is C14H14ClN3O2. The molecule has 0 aliphatic carbocycles. The van der Waals surface area contributed by atoms with E-state index < -0.39 is 6.09 Å². The zero-order chi connectivity index (χ0) is 14.1. The van der Waals surface area contributed by atoms with Crippen LogP contribution >= 0.6 is 11.6 Å². The fraction of sp³-hybridized carbons (Fsp3) is 0.286. The van der Waals surface area contributed by atoms with Crippen molar-refractivity contribution in [1.82, 2.24) is 14.7 Å². The third-order valence-electron chi connectivity index (χ3n) is 3.57. The second kappa shape index (κ2) is 5.17. The largest absolute Gasteiger partial charge is 0.465 e. The highest BCUT2D eigenvalue weighted by molar-refractivity contribution is 6.30. The molecule has 0 fully saturated rings. The Kier molecular flexibility index (Phi) is 3.36. The number of amides is 1. The first-order valence-corrected chi connectivity index (χ1v) is 6.82. The Labute approximate surface area is 121 Å². The number of hydrogen-bond donors (Lipinski definition) is 1. The van der Waals surface area contributed by atoms with Crippen molar-refractivity contribution < 1.29 is 9.90 Å². The molecule has 1 aromatic carbocycles. The minimum Gasteiger partial charge on any atom is -0.465 e. The van der Waals surface area contributed by atoms with Gasteiger partial charge in [0.05, 0.1) is 11.9 Å². The molecule has 1 aliphatic rings. The maximum Gasteiger partial charge on any atom is 0.407 e. The Balaban J connectivity index is 1.92. The Bertz CT molecular complexity index is 636. The van der Waals surface area contributed by atoms with E-state index >= 15 is 0 Å². The molecule has 1 amide bonds. The summed E-state index contributed by atoms with van der Waals surface area (Å²) in [6.07, 6.45) is 2.34. The molecular weight excluding hydrogens is 278 g/mol. The molecule has 6 heteroatoms. The SMILES string of the molecule is O=C(O)N1CCc2cnn(-c3ccc(Cl)cc3)c2CC1. The summed E-state index contributed by atoms with van der Waals surface area (Å²) in [6.45, 7) is 1.02. The summed E-state index contributed by atoms with van der Waals surface area (Å²) in [7, 11) is 0. The molecule has 0 spiro atoms. The van der Waals surface area contributed by atoms with Crippen LogP contribution in [0, 0.1) is 0 Å². The van der Waals surface area contributed by atoms with Crippen LogP contribution in [0.1, 0.15) is 11.3 Å². The number of rotatable bonds is 1. The Hall–Kier alpha value is -2.01. The van der Waals surface area contributed by atoms with E-state index in [9.17, 15) is 4.79 Å². The van der Waals surface area contributed by atoms with Crippen molar-refractivity contribution in [3.05, 3.63) is 46.7 Å². The summed E-state index contributed by atoms with van der Waals surface area (Å²) in [5, 5.41) is 14.2. The highest BCUT2D eigenvalue weighted by Crippen LogP contribution is 2.20. The number of halogens is 1. The highest BCUT2D eigenvalue weighted by atomic mass is 35.5. The molecule has 0 unspecified atom stereocenters. The molecule has 3 rings (SSSR count). The summed E-state index contributed by atoms with van der Waals surface area (Å²) in [4.78, 5) is 12.5. The lowest BCUT2D eigenvalue weighted by Gasteiger charge is -2.15. The quantitative estimate of drug-likeness (QED) is 0.878. The van der Waals surface area contributed by atoms with E-state index in [1.807, 2.05) is 35.1 Å². The van der Waals surface area contributed by atoms with Gasteiger partial charge in [0.25, 0.3) is 0 Å². The minimum atomic E-state index is -0.860. The Morgan fingerprint density at radius 2 is 1.90 bits per heavy atom. The fourth-order valence-electron chi connectivity index (χ4n) is 2.49. The van der Waals surface area contributed by atoms with Crippen LogP contribution in [0.5, 0.6) is 0 Å². The van der Waals surface area contributed by atoms with E-state index in [1.165, 1.54) is 4.90 Å². The van der Waals surface area contributed by atoms with Crippen LogP contribution in [-0.2, 0) is 12.8 Å². The third-order valence-corrected chi connectivity index (χ3v) is 3.82. The zero-order valence-corrected chi connectivity index (χ0v) is 11.5. The van der Waals surface area contributed by atoms with Crippen LogP contribution in [0.2, 0.25) is 5.02 Å². The van der Waals surface area contributed by atoms with Crippen molar-refractivity contribution in [2.24, 2.45) is 0 Å². The summed E-state index contributed by atoms with van der Waals surface area (Å²) >= 11 is 5.89. The van der Waals surface area contributed by atoms with Gasteiger partial charge >= 0.3 is 6.09 Å². The predicted octanol–water partition coefficient (Wildman–Crippen LogP) is 2.60. The van der Waals surface area contributed by atoms with Gasteiger partial charge in [-0.15, -0.1) is 0 Å². The molecule has 2 aromatic rings. The summed E-state index contributed by atoms with van der Waals surface area (Å²) in [5.74, 6) is 0. The molecule has 1 aliphatic heterocycles. The van der Waals surface area contributed by atoms with Crippen molar-refractivity contribution in [2.45, 2.75) is 12.8 Å². The maximum atomic E-state index is 11.1. The monoisotopic (exact) mass is 291 g/mol. The van der Waals surface area contributed by atoms with E-state index in [-0.39, 0.29) is 0 Å². The van der Waals surface area contributed by atoms with Gasteiger partial charge in [0.2, 0.25) is 0 Å². The van der Waals surface area contributed by atoms with Gasteiger partial charge in [0, 0.05) is 30.2 Å². The predicted molar refractivity (Wildman–Crippen MR) is 75.6 cm³/mol. The fourth-order valence-corrected chi connectivity index (χ4v) is 2.61. The molecule has 20 heavy (non-hydrogen) atoms. The lowest BCUT2D eigenvalue weighted by molar-refractivity contribution is 0.147. The molecule has 0 atom stereocenters. The number of benzene rings is 1. The average molecular weight is 292 g/mol. The summed E-state index contributed by atoms with van der Waals surface area (Å²) < 4.78 is 1.87. The van der Waals surface area contributed by atoms with Crippen LogP contribution < -0.4 is 0 Å². The number of fused-ring (bicyclic) bond motifs is 1. The van der Waals surface area contributed by atoms with Gasteiger partial charge < -0.3 is 10.0 Å². The van der Waals surface area contributed by atoms with Gasteiger partial charge in [0.1, 0.15) is 0 Å². The van der Waals surface area contributed by atoms with E-state index in [4.69, 9.17) is 16.7 Å². The van der Waals surface area contributed by atoms with Gasteiger partial charge in [-0.1, -0.05) is 11.6 Å². The van der Waals surface area contributed by atoms with Gasteiger partial charge in [-0.2, -0.15) is 5.10 Å². The van der Waals surface area contributed by atoms with Gasteiger partial charge in [-0.05, 0) is 36.2 Å². The minimum absolute atomic E-state index is 0.502. The lowest BCUT2D eigenvalue weighted by atomic mass is 10.1. The second-order valence-corrected chi connectivity index (χ2v) is 5.21. The van der Waals surface area contributed by atoms with Crippen LogP contribution in [0.15, 0.2) is 30.5 Å². The molecule has 1 aromatic heterocycles. The number of nitrogens with zero attached hydrogens (tertiary/aromatic N) is 3. The first kappa shape index (κ1) is 13.0. The molecule has 0 radical (unpaired) electrons. The van der Waals surface area contributed by atoms with E-state index in [0.717, 1.165) is 16.9 Å². The topological polar surface area (TPSA) is 58.4 Å². The number of hydrogen-bond acceptors (Lipinski definition) is 2. The third kappa shape index (κ3) is 2.36. The van der Waals surface area contributed by atoms with Crippen molar-refractivity contribution >= 4 is 17.7 Å². The maximum absolute atomic E-state index is 11.1. The molecule has 1 N–H and O–H groups in total. The first-order valence-electron chi connectivity index (χ1n) is 6.45. The van der Waals surface area contributed by atoms with E-state index in [0.29, 0.717) is 31.0 Å². The Morgan fingerprint density at radius 3 is 2.60 bits per heavy atom. The summed E-state index contributed by atoms with van der Waals surface area (Å²) in [6, 6.07) is 7.47. The zero-order valence-electron chi connectivity index (χ0n) is 10.8. The smallest absolute Gasteiger partial charge is 0.407 e. The van der Waals surface area contributed by atoms with Gasteiger partial charge in [0.15, 0.2) is 0 Å². The standard InChI is InChI=1S/C14H14ClN3O2/c15-11-1-3-12(4-2-11)18-13-6-8-17(14(19)20)7-5-10(13)9-16-18/h1-4,9H,5-8H2,(H,19,20). The molecule has 5 nitrogen and oxygen atoms in total. The lowest BCUT2D eigenvalue weighted by Crippen LogP contribution is -2.31. The normalized spacial score (nSPS) is 14.8. The van der Waals surface area contributed by atoms with Crippen LogP contribution in [0.3, 0.4) is 0 Å². The van der Waals surface area contributed by atoms with Crippen LogP contribution in [0.4, 0.5) is 4.79 Å². The molecule has 2 heterocycles.